The van der Waals surface area contributed by atoms with Gasteiger partial charge in [-0.25, -0.2) is 4.52 Å². The molecule has 4 heterocycles. The summed E-state index contributed by atoms with van der Waals surface area (Å²) in [4.78, 5) is 19.6. The maximum absolute atomic E-state index is 12.3. The summed E-state index contributed by atoms with van der Waals surface area (Å²) in [5, 5.41) is 12.8. The molecule has 1 aromatic carbocycles. The van der Waals surface area contributed by atoms with Crippen molar-refractivity contribution < 1.29 is 4.52 Å². The van der Waals surface area contributed by atoms with Crippen molar-refractivity contribution in [3.8, 4) is 22.8 Å². The van der Waals surface area contributed by atoms with Gasteiger partial charge in [-0.05, 0) is 44.1 Å². The van der Waals surface area contributed by atoms with Gasteiger partial charge in [0.2, 0.25) is 5.82 Å². The van der Waals surface area contributed by atoms with E-state index < -0.39 is 0 Å². The van der Waals surface area contributed by atoms with Gasteiger partial charge in [0.25, 0.3) is 11.4 Å². The van der Waals surface area contributed by atoms with E-state index >= 15 is 0 Å². The lowest BCUT2D eigenvalue weighted by atomic mass is 9.94. The zero-order valence-electron chi connectivity index (χ0n) is 15.6. The first-order valence-corrected chi connectivity index (χ1v) is 9.96. The second-order valence-electron chi connectivity index (χ2n) is 6.98. The molecule has 4 aromatic rings. The summed E-state index contributed by atoms with van der Waals surface area (Å²) in [6, 6.07) is 6.66. The molecule has 0 aliphatic carbocycles. The Hall–Kier alpha value is -2.39. The molecule has 0 bridgehead atoms. The molecule has 5 rings (SSSR count). The molecular weight excluding hydrogens is 451 g/mol. The molecule has 11 heteroatoms. The quantitative estimate of drug-likeness (QED) is 0.473. The van der Waals surface area contributed by atoms with Crippen LogP contribution >= 0.6 is 35.6 Å². The highest BCUT2D eigenvalue weighted by Gasteiger charge is 2.22. The fourth-order valence-corrected chi connectivity index (χ4v) is 4.24. The molecule has 0 unspecified atom stereocenters. The minimum absolute atomic E-state index is 0. The smallest absolute Gasteiger partial charge is 0.263 e. The third-order valence-corrected chi connectivity index (χ3v) is 5.51. The second-order valence-corrected chi connectivity index (χ2v) is 7.86. The SMILES string of the molecule is Cl.O=c1cc(C2CCNCC2)n2ncc(-c3nc(-c4cc(Cl)cc(Cl)c4)no3)c2[nH]1. The summed E-state index contributed by atoms with van der Waals surface area (Å²) >= 11 is 12.1. The molecule has 8 nitrogen and oxygen atoms in total. The number of piperidine rings is 1. The van der Waals surface area contributed by atoms with Gasteiger partial charge in [-0.3, -0.25) is 4.79 Å². The van der Waals surface area contributed by atoms with Gasteiger partial charge in [-0.1, -0.05) is 28.4 Å². The lowest BCUT2D eigenvalue weighted by Crippen LogP contribution is -2.28. The van der Waals surface area contributed by atoms with Gasteiger partial charge in [0.15, 0.2) is 0 Å². The molecule has 0 saturated carbocycles. The van der Waals surface area contributed by atoms with E-state index in [1.807, 2.05) is 0 Å². The van der Waals surface area contributed by atoms with Crippen LogP contribution in [0.5, 0.6) is 0 Å². The summed E-state index contributed by atoms with van der Waals surface area (Å²) in [5.74, 6) is 0.866. The Morgan fingerprint density at radius 1 is 1.10 bits per heavy atom. The van der Waals surface area contributed by atoms with E-state index in [1.54, 1.807) is 35.0 Å². The van der Waals surface area contributed by atoms with Gasteiger partial charge in [0, 0.05) is 27.6 Å². The van der Waals surface area contributed by atoms with Crippen LogP contribution in [0.3, 0.4) is 0 Å². The van der Waals surface area contributed by atoms with Crippen LogP contribution in [0.4, 0.5) is 0 Å². The van der Waals surface area contributed by atoms with E-state index in [1.165, 1.54) is 0 Å². The fraction of sp³-hybridized carbons (Fsp3) is 0.263. The summed E-state index contributed by atoms with van der Waals surface area (Å²) in [6.45, 7) is 1.84. The Kier molecular flexibility index (Phi) is 5.84. The van der Waals surface area contributed by atoms with E-state index in [4.69, 9.17) is 27.7 Å². The average molecular weight is 468 g/mol. The number of nitrogens with zero attached hydrogens (tertiary/aromatic N) is 4. The van der Waals surface area contributed by atoms with Gasteiger partial charge in [-0.15, -0.1) is 12.4 Å². The number of nitrogens with one attached hydrogen (secondary N) is 2. The second kappa shape index (κ2) is 8.39. The van der Waals surface area contributed by atoms with Crippen molar-refractivity contribution in [3.63, 3.8) is 0 Å². The van der Waals surface area contributed by atoms with Gasteiger partial charge in [-0.2, -0.15) is 10.1 Å². The maximum atomic E-state index is 12.3. The fourth-order valence-electron chi connectivity index (χ4n) is 3.71. The van der Waals surface area contributed by atoms with E-state index in [-0.39, 0.29) is 29.8 Å². The van der Waals surface area contributed by atoms with Gasteiger partial charge >= 0.3 is 0 Å². The normalized spacial score (nSPS) is 14.7. The first kappa shape index (κ1) is 20.9. The molecule has 0 spiro atoms. The summed E-state index contributed by atoms with van der Waals surface area (Å²) in [7, 11) is 0. The highest BCUT2D eigenvalue weighted by atomic mass is 35.5. The van der Waals surface area contributed by atoms with Crippen LogP contribution in [0.2, 0.25) is 10.0 Å². The Morgan fingerprint density at radius 3 is 2.57 bits per heavy atom. The molecule has 1 aliphatic rings. The topological polar surface area (TPSA) is 101 Å². The van der Waals surface area contributed by atoms with E-state index in [9.17, 15) is 4.79 Å². The first-order chi connectivity index (χ1) is 14.1. The lowest BCUT2D eigenvalue weighted by molar-refractivity contribution is 0.432. The van der Waals surface area contributed by atoms with Gasteiger partial charge < -0.3 is 14.8 Å². The average Bonchev–Trinajstić information content (AvgIpc) is 3.34. The van der Waals surface area contributed by atoms with E-state index in [0.717, 1.165) is 31.6 Å². The van der Waals surface area contributed by atoms with Crippen molar-refractivity contribution in [2.45, 2.75) is 18.8 Å². The number of hydrogen-bond acceptors (Lipinski definition) is 6. The number of fused-ring (bicyclic) bond motifs is 1. The van der Waals surface area contributed by atoms with E-state index in [0.29, 0.717) is 32.6 Å². The van der Waals surface area contributed by atoms with Crippen molar-refractivity contribution in [2.24, 2.45) is 0 Å². The van der Waals surface area contributed by atoms with Crippen molar-refractivity contribution in [1.29, 1.82) is 0 Å². The molecule has 0 amide bonds. The molecule has 0 radical (unpaired) electrons. The number of aromatic amines is 1. The zero-order chi connectivity index (χ0) is 20.0. The minimum atomic E-state index is -0.186. The summed E-state index contributed by atoms with van der Waals surface area (Å²) < 4.78 is 7.20. The minimum Gasteiger partial charge on any atom is -0.333 e. The van der Waals surface area contributed by atoms with Crippen molar-refractivity contribution in [2.75, 3.05) is 13.1 Å². The van der Waals surface area contributed by atoms with Crippen LogP contribution in [0, 0.1) is 0 Å². The number of benzene rings is 1. The Balaban J connectivity index is 0.00000218. The standard InChI is InChI=1S/C19H16Cl2N6O2.ClH/c20-12-5-11(6-13(21)7-12)17-25-19(29-26-17)14-9-23-27-15(8-16(28)24-18(14)27)10-1-3-22-4-2-10;/h5-10,22H,1-4H2,(H,24,28);1H. The van der Waals surface area contributed by atoms with Crippen LogP contribution < -0.4 is 10.9 Å². The zero-order valence-corrected chi connectivity index (χ0v) is 17.9. The van der Waals surface area contributed by atoms with Crippen molar-refractivity contribution in [3.05, 3.63) is 56.6 Å². The van der Waals surface area contributed by atoms with Crippen LogP contribution in [0.15, 0.2) is 39.8 Å². The summed E-state index contributed by atoms with van der Waals surface area (Å²) in [5.41, 5.74) is 2.43. The third-order valence-electron chi connectivity index (χ3n) is 5.07. The number of rotatable bonds is 3. The molecule has 1 aliphatic heterocycles. The van der Waals surface area contributed by atoms with Crippen LogP contribution in [0.25, 0.3) is 28.5 Å². The Bertz CT molecular complexity index is 1240. The van der Waals surface area contributed by atoms with Crippen LogP contribution in [-0.4, -0.2) is 37.8 Å². The van der Waals surface area contributed by atoms with Crippen LogP contribution in [-0.2, 0) is 0 Å². The van der Waals surface area contributed by atoms with Gasteiger partial charge in [0.05, 0.1) is 11.9 Å². The molecule has 156 valence electrons. The van der Waals surface area contributed by atoms with Crippen molar-refractivity contribution in [1.82, 2.24) is 30.1 Å². The monoisotopic (exact) mass is 466 g/mol. The first-order valence-electron chi connectivity index (χ1n) is 9.21. The molecule has 0 atom stereocenters. The molecule has 30 heavy (non-hydrogen) atoms. The Morgan fingerprint density at radius 2 is 1.83 bits per heavy atom. The number of H-pyrrole nitrogens is 1. The maximum Gasteiger partial charge on any atom is 0.263 e. The van der Waals surface area contributed by atoms with Crippen molar-refractivity contribution >= 4 is 41.3 Å². The molecule has 1 fully saturated rings. The highest BCUT2D eigenvalue weighted by Crippen LogP contribution is 2.30. The van der Waals surface area contributed by atoms with E-state index in [2.05, 4.69) is 25.5 Å². The third kappa shape index (κ3) is 3.83. The number of aromatic nitrogens is 5. The predicted octanol–water partition coefficient (Wildman–Crippen LogP) is 3.94. The number of halogens is 3. The predicted molar refractivity (Wildman–Crippen MR) is 117 cm³/mol. The van der Waals surface area contributed by atoms with Gasteiger partial charge in [0.1, 0.15) is 11.2 Å². The van der Waals surface area contributed by atoms with Crippen LogP contribution in [0.1, 0.15) is 24.5 Å². The highest BCUT2D eigenvalue weighted by molar-refractivity contribution is 6.35. The lowest BCUT2D eigenvalue weighted by Gasteiger charge is -2.23. The largest absolute Gasteiger partial charge is 0.333 e. The molecule has 2 N–H and O–H groups in total. The molecular formula is C19H17Cl3N6O2. The molecule has 3 aromatic heterocycles. The number of hydrogen-bond donors (Lipinski definition) is 2. The Labute approximate surface area is 187 Å². The molecule has 1 saturated heterocycles. The summed E-state index contributed by atoms with van der Waals surface area (Å²) in [6.07, 6.45) is 3.53.